The number of imide groups is 1. The summed E-state index contributed by atoms with van der Waals surface area (Å²) in [5, 5.41) is 2.04. The zero-order valence-corrected chi connectivity index (χ0v) is 10.4. The van der Waals surface area contributed by atoms with E-state index in [1.807, 2.05) is 11.4 Å². The second-order valence-electron chi connectivity index (χ2n) is 4.59. The van der Waals surface area contributed by atoms with Crippen molar-refractivity contribution in [1.82, 2.24) is 4.90 Å². The van der Waals surface area contributed by atoms with Gasteiger partial charge in [-0.25, -0.2) is 0 Å². The molecule has 2 amide bonds. The lowest BCUT2D eigenvalue weighted by Crippen LogP contribution is -2.26. The van der Waals surface area contributed by atoms with Gasteiger partial charge in [0.2, 0.25) is 11.8 Å². The van der Waals surface area contributed by atoms with Gasteiger partial charge in [-0.15, -0.1) is 11.3 Å². The van der Waals surface area contributed by atoms with Crippen molar-refractivity contribution in [1.29, 1.82) is 0 Å². The molecule has 0 saturated carbocycles. The largest absolute Gasteiger partial charge is 0.285 e. The van der Waals surface area contributed by atoms with Crippen LogP contribution in [0.3, 0.4) is 0 Å². The smallest absolute Gasteiger partial charge is 0.233 e. The molecule has 88 valence electrons. The Balaban J connectivity index is 1.90. The van der Waals surface area contributed by atoms with Gasteiger partial charge in [-0.2, -0.15) is 0 Å². The van der Waals surface area contributed by atoms with E-state index < -0.39 is 0 Å². The zero-order chi connectivity index (χ0) is 12.0. The molecule has 1 fully saturated rings. The van der Waals surface area contributed by atoms with Crippen molar-refractivity contribution >= 4 is 28.7 Å². The molecule has 0 spiro atoms. The first-order valence-corrected chi connectivity index (χ1v) is 6.61. The van der Waals surface area contributed by atoms with Crippen LogP contribution in [0, 0.1) is 11.8 Å². The number of carbonyl (C=O) groups excluding carboxylic acids is 2. The number of allylic oxidation sites excluding steroid dienone is 2. The van der Waals surface area contributed by atoms with Gasteiger partial charge in [0.25, 0.3) is 0 Å². The van der Waals surface area contributed by atoms with Gasteiger partial charge in [0, 0.05) is 11.9 Å². The van der Waals surface area contributed by atoms with E-state index in [4.69, 9.17) is 0 Å². The highest BCUT2D eigenvalue weighted by atomic mass is 32.1. The van der Waals surface area contributed by atoms with Crippen molar-refractivity contribution in [2.75, 3.05) is 7.05 Å². The highest BCUT2D eigenvalue weighted by Crippen LogP contribution is 2.41. The first kappa shape index (κ1) is 10.7. The lowest BCUT2D eigenvalue weighted by molar-refractivity contribution is -0.138. The molecule has 3 nitrogen and oxygen atoms in total. The number of hydrogen-bond donors (Lipinski definition) is 0. The maximum Gasteiger partial charge on any atom is 0.233 e. The van der Waals surface area contributed by atoms with Crippen LogP contribution in [0.5, 0.6) is 0 Å². The topological polar surface area (TPSA) is 37.4 Å². The van der Waals surface area contributed by atoms with E-state index in [-0.39, 0.29) is 23.7 Å². The van der Waals surface area contributed by atoms with Crippen LogP contribution < -0.4 is 0 Å². The highest BCUT2D eigenvalue weighted by molar-refractivity contribution is 7.11. The summed E-state index contributed by atoms with van der Waals surface area (Å²) in [6, 6.07) is 4.09. The number of thiophene rings is 1. The van der Waals surface area contributed by atoms with Crippen LogP contribution in [-0.4, -0.2) is 23.8 Å². The molecule has 1 aromatic heterocycles. The van der Waals surface area contributed by atoms with E-state index in [9.17, 15) is 9.59 Å². The molecule has 1 aliphatic heterocycles. The predicted molar refractivity (Wildman–Crippen MR) is 66.3 cm³/mol. The van der Waals surface area contributed by atoms with E-state index in [1.54, 1.807) is 18.4 Å². The average Bonchev–Trinajstić information content (AvgIpc) is 2.94. The third-order valence-electron chi connectivity index (χ3n) is 3.68. The van der Waals surface area contributed by atoms with Crippen molar-refractivity contribution in [2.24, 2.45) is 11.8 Å². The summed E-state index contributed by atoms with van der Waals surface area (Å²) in [4.78, 5) is 26.3. The van der Waals surface area contributed by atoms with E-state index in [1.165, 1.54) is 15.4 Å². The minimum atomic E-state index is -0.130. The summed E-state index contributed by atoms with van der Waals surface area (Å²) in [6.07, 6.45) is 3.53. The molecule has 2 aliphatic rings. The summed E-state index contributed by atoms with van der Waals surface area (Å²) in [6.45, 7) is 0. The van der Waals surface area contributed by atoms with Crippen LogP contribution in [-0.2, 0) is 9.59 Å². The van der Waals surface area contributed by atoms with Crippen LogP contribution in [0.15, 0.2) is 23.6 Å². The van der Waals surface area contributed by atoms with Gasteiger partial charge >= 0.3 is 0 Å². The van der Waals surface area contributed by atoms with Crippen LogP contribution in [0.4, 0.5) is 0 Å². The first-order valence-electron chi connectivity index (χ1n) is 5.73. The number of carbonyl (C=O) groups is 2. The molecule has 1 saturated heterocycles. The molecule has 1 aromatic rings. The molecular formula is C13H13NO2S. The molecule has 2 heterocycles. The molecule has 2 atom stereocenters. The number of amides is 2. The molecular weight excluding hydrogens is 234 g/mol. The monoisotopic (exact) mass is 247 g/mol. The Labute approximate surface area is 104 Å². The third kappa shape index (κ3) is 1.55. The predicted octanol–water partition coefficient (Wildman–Crippen LogP) is 2.16. The fraction of sp³-hybridized carbons (Fsp3) is 0.385. The van der Waals surface area contributed by atoms with Crippen LogP contribution in [0.2, 0.25) is 0 Å². The summed E-state index contributed by atoms with van der Waals surface area (Å²) in [5.41, 5.74) is 1.22. The molecule has 0 aromatic carbocycles. The van der Waals surface area contributed by atoms with Crippen LogP contribution >= 0.6 is 11.3 Å². The minimum Gasteiger partial charge on any atom is -0.285 e. The molecule has 3 rings (SSSR count). The van der Waals surface area contributed by atoms with Crippen molar-refractivity contribution in [2.45, 2.75) is 12.8 Å². The van der Waals surface area contributed by atoms with Crippen molar-refractivity contribution in [3.05, 3.63) is 28.5 Å². The number of likely N-dealkylation sites (tertiary alicyclic amines) is 1. The van der Waals surface area contributed by atoms with Gasteiger partial charge < -0.3 is 0 Å². The first-order chi connectivity index (χ1) is 8.18. The maximum atomic E-state index is 11.9. The molecule has 0 bridgehead atoms. The summed E-state index contributed by atoms with van der Waals surface area (Å²) in [5.74, 6) is -0.269. The van der Waals surface area contributed by atoms with Gasteiger partial charge in [0.05, 0.1) is 11.8 Å². The second-order valence-corrected chi connectivity index (χ2v) is 5.54. The Kier molecular flexibility index (Phi) is 2.40. The summed E-state index contributed by atoms with van der Waals surface area (Å²) < 4.78 is 0. The third-order valence-corrected chi connectivity index (χ3v) is 4.62. The van der Waals surface area contributed by atoms with Crippen molar-refractivity contribution < 1.29 is 9.59 Å². The molecule has 1 aliphatic carbocycles. The molecule has 0 radical (unpaired) electrons. The quantitative estimate of drug-likeness (QED) is 0.713. The Hall–Kier alpha value is -1.42. The minimum absolute atomic E-state index is 0.0119. The SMILES string of the molecule is CN1C(=O)C2CC=C(c3cccs3)CC2C1=O. The highest BCUT2D eigenvalue weighted by Gasteiger charge is 2.46. The molecule has 2 unspecified atom stereocenters. The van der Waals surface area contributed by atoms with Crippen LogP contribution in [0.1, 0.15) is 17.7 Å². The second kappa shape index (κ2) is 3.81. The zero-order valence-electron chi connectivity index (χ0n) is 9.55. The Bertz CT molecular complexity index is 503. The Morgan fingerprint density at radius 1 is 1.29 bits per heavy atom. The fourth-order valence-corrected chi connectivity index (χ4v) is 3.48. The molecule has 4 heteroatoms. The van der Waals surface area contributed by atoms with Gasteiger partial charge in [0.1, 0.15) is 0 Å². The van der Waals surface area contributed by atoms with Crippen LogP contribution in [0.25, 0.3) is 5.57 Å². The van der Waals surface area contributed by atoms with E-state index in [2.05, 4.69) is 12.1 Å². The average molecular weight is 247 g/mol. The van der Waals surface area contributed by atoms with E-state index in [0.717, 1.165) is 0 Å². The summed E-state index contributed by atoms with van der Waals surface area (Å²) >= 11 is 1.69. The summed E-state index contributed by atoms with van der Waals surface area (Å²) in [7, 11) is 1.59. The Morgan fingerprint density at radius 2 is 2.06 bits per heavy atom. The fourth-order valence-electron chi connectivity index (χ4n) is 2.70. The van der Waals surface area contributed by atoms with E-state index >= 15 is 0 Å². The van der Waals surface area contributed by atoms with E-state index in [0.29, 0.717) is 12.8 Å². The van der Waals surface area contributed by atoms with Gasteiger partial charge in [-0.1, -0.05) is 12.1 Å². The van der Waals surface area contributed by atoms with Gasteiger partial charge in [0.15, 0.2) is 0 Å². The lowest BCUT2D eigenvalue weighted by Gasteiger charge is -2.20. The number of nitrogens with zero attached hydrogens (tertiary/aromatic N) is 1. The van der Waals surface area contributed by atoms with Crippen molar-refractivity contribution in [3.8, 4) is 0 Å². The van der Waals surface area contributed by atoms with Crippen molar-refractivity contribution in [3.63, 3.8) is 0 Å². The molecule has 17 heavy (non-hydrogen) atoms. The lowest BCUT2D eigenvalue weighted by atomic mass is 9.81. The molecule has 0 N–H and O–H groups in total. The number of rotatable bonds is 1. The normalized spacial score (nSPS) is 28.3. The number of hydrogen-bond acceptors (Lipinski definition) is 3. The standard InChI is InChI=1S/C13H13NO2S/c1-14-12(15)9-5-4-8(7-10(9)13(14)16)11-3-2-6-17-11/h2-4,6,9-10H,5,7H2,1H3. The van der Waals surface area contributed by atoms with Gasteiger partial charge in [-0.3, -0.25) is 14.5 Å². The Morgan fingerprint density at radius 3 is 2.76 bits per heavy atom. The number of fused-ring (bicyclic) bond motifs is 1. The van der Waals surface area contributed by atoms with Gasteiger partial charge in [-0.05, 0) is 29.9 Å². The maximum absolute atomic E-state index is 11.9.